The first-order chi connectivity index (χ1) is 14.8. The summed E-state index contributed by atoms with van der Waals surface area (Å²) in [6, 6.07) is 10.1. The van der Waals surface area contributed by atoms with Gasteiger partial charge in [-0.15, -0.1) is 0 Å². The fraction of sp³-hybridized carbons (Fsp3) is 0.211. The van der Waals surface area contributed by atoms with Crippen LogP contribution in [0.3, 0.4) is 0 Å². The lowest BCUT2D eigenvalue weighted by molar-refractivity contribution is -0.387. The second-order valence-corrected chi connectivity index (χ2v) is 8.73. The van der Waals surface area contributed by atoms with Crippen molar-refractivity contribution in [2.75, 3.05) is 26.2 Å². The molecule has 0 N–H and O–H groups in total. The van der Waals surface area contributed by atoms with Crippen LogP contribution in [0.2, 0.25) is 0 Å². The zero-order valence-electron chi connectivity index (χ0n) is 16.1. The van der Waals surface area contributed by atoms with E-state index in [1.807, 2.05) is 0 Å². The number of amides is 1. The van der Waals surface area contributed by atoms with Crippen LogP contribution in [0.15, 0.2) is 64.5 Å². The normalized spacial score (nSPS) is 15.2. The summed E-state index contributed by atoms with van der Waals surface area (Å²) in [5.74, 6) is -0.543. The molecule has 1 aliphatic rings. The molecule has 11 nitrogen and oxygen atoms in total. The molecule has 4 rings (SSSR count). The van der Waals surface area contributed by atoms with Gasteiger partial charge in [0.2, 0.25) is 10.0 Å². The Morgan fingerprint density at radius 2 is 1.71 bits per heavy atom. The van der Waals surface area contributed by atoms with E-state index in [-0.39, 0.29) is 31.7 Å². The number of nitro benzene ring substituents is 1. The van der Waals surface area contributed by atoms with E-state index in [2.05, 4.69) is 4.98 Å². The predicted octanol–water partition coefficient (Wildman–Crippen LogP) is 0.749. The van der Waals surface area contributed by atoms with E-state index in [4.69, 9.17) is 0 Å². The van der Waals surface area contributed by atoms with Gasteiger partial charge in [0.05, 0.1) is 4.92 Å². The van der Waals surface area contributed by atoms with Crippen LogP contribution in [0.4, 0.5) is 5.69 Å². The molecule has 0 bridgehead atoms. The average Bonchev–Trinajstić information content (AvgIpc) is 2.79. The third kappa shape index (κ3) is 3.66. The molecule has 1 aromatic carbocycles. The van der Waals surface area contributed by atoms with Crippen molar-refractivity contribution in [1.82, 2.24) is 18.6 Å². The minimum atomic E-state index is -4.11. The van der Waals surface area contributed by atoms with Gasteiger partial charge in [0.1, 0.15) is 11.2 Å². The lowest BCUT2D eigenvalue weighted by atomic mass is 10.2. The Kier molecular flexibility index (Phi) is 5.25. The molecule has 0 atom stereocenters. The Morgan fingerprint density at radius 1 is 1.03 bits per heavy atom. The Labute approximate surface area is 176 Å². The van der Waals surface area contributed by atoms with Crippen LogP contribution in [-0.4, -0.2) is 64.0 Å². The van der Waals surface area contributed by atoms with Gasteiger partial charge in [0.25, 0.3) is 17.2 Å². The van der Waals surface area contributed by atoms with Gasteiger partial charge < -0.3 is 4.90 Å². The maximum atomic E-state index is 12.9. The molecule has 2 aromatic heterocycles. The van der Waals surface area contributed by atoms with Crippen molar-refractivity contribution in [2.24, 2.45) is 0 Å². The highest BCUT2D eigenvalue weighted by Crippen LogP contribution is 2.27. The zero-order valence-corrected chi connectivity index (χ0v) is 16.9. The largest absolute Gasteiger partial charge is 0.336 e. The summed E-state index contributed by atoms with van der Waals surface area (Å²) >= 11 is 0. The van der Waals surface area contributed by atoms with Crippen LogP contribution >= 0.6 is 0 Å². The van der Waals surface area contributed by atoms with E-state index in [9.17, 15) is 28.1 Å². The maximum Gasteiger partial charge on any atom is 0.289 e. The molecule has 12 heteroatoms. The van der Waals surface area contributed by atoms with Crippen LogP contribution in [0.25, 0.3) is 5.65 Å². The van der Waals surface area contributed by atoms with Crippen LogP contribution in [0, 0.1) is 10.1 Å². The number of carbonyl (C=O) groups excluding carboxylic acids is 1. The number of hydrogen-bond donors (Lipinski definition) is 0. The number of para-hydroxylation sites is 1. The van der Waals surface area contributed by atoms with Gasteiger partial charge in [-0.05, 0) is 18.2 Å². The molecule has 0 saturated carbocycles. The van der Waals surface area contributed by atoms with E-state index in [0.29, 0.717) is 5.65 Å². The average molecular weight is 443 g/mol. The molecule has 31 heavy (non-hydrogen) atoms. The molecule has 0 aliphatic carbocycles. The lowest BCUT2D eigenvalue weighted by Crippen LogP contribution is -2.51. The summed E-state index contributed by atoms with van der Waals surface area (Å²) in [6.07, 6.45) is 2.73. The number of sulfonamides is 1. The summed E-state index contributed by atoms with van der Waals surface area (Å²) in [5.41, 5.74) is -0.718. The van der Waals surface area contributed by atoms with Gasteiger partial charge in [-0.25, -0.2) is 13.4 Å². The topological polar surface area (TPSA) is 135 Å². The summed E-state index contributed by atoms with van der Waals surface area (Å²) in [6.45, 7) is -0.0316. The number of fused-ring (bicyclic) bond motifs is 1. The number of carbonyl (C=O) groups is 1. The third-order valence-electron chi connectivity index (χ3n) is 5.05. The van der Waals surface area contributed by atoms with Gasteiger partial charge >= 0.3 is 0 Å². The molecular formula is C19H17N5O6S. The smallest absolute Gasteiger partial charge is 0.289 e. The number of pyridine rings is 1. The van der Waals surface area contributed by atoms with Crippen molar-refractivity contribution >= 4 is 27.3 Å². The first kappa shape index (κ1) is 20.6. The highest BCUT2D eigenvalue weighted by molar-refractivity contribution is 7.89. The fourth-order valence-corrected chi connectivity index (χ4v) is 5.02. The van der Waals surface area contributed by atoms with E-state index >= 15 is 0 Å². The number of hydrogen-bond acceptors (Lipinski definition) is 7. The van der Waals surface area contributed by atoms with Crippen molar-refractivity contribution in [2.45, 2.75) is 4.90 Å². The van der Waals surface area contributed by atoms with E-state index < -0.39 is 37.0 Å². The Bertz CT molecular complexity index is 1350. The second-order valence-electron chi connectivity index (χ2n) is 6.83. The highest BCUT2D eigenvalue weighted by atomic mass is 32.2. The summed E-state index contributed by atoms with van der Waals surface area (Å²) in [7, 11) is -4.11. The Hall–Kier alpha value is -3.64. The summed E-state index contributed by atoms with van der Waals surface area (Å²) in [4.78, 5) is 41.0. The number of aromatic nitrogens is 2. The minimum Gasteiger partial charge on any atom is -0.336 e. The van der Waals surface area contributed by atoms with Gasteiger partial charge in [-0.2, -0.15) is 4.31 Å². The molecule has 0 radical (unpaired) electrons. The Morgan fingerprint density at radius 3 is 2.42 bits per heavy atom. The van der Waals surface area contributed by atoms with E-state index in [0.717, 1.165) is 10.4 Å². The standard InChI is InChI=1S/C19H17N5O6S/c25-18(14-13-20-17-7-3-4-8-23(17)19(14)26)21-9-11-22(12-10-21)31(29,30)16-6-2-1-5-15(16)24(27)28/h1-8,13H,9-12H2. The highest BCUT2D eigenvalue weighted by Gasteiger charge is 2.35. The van der Waals surface area contributed by atoms with Crippen LogP contribution in [0.1, 0.15) is 10.4 Å². The van der Waals surface area contributed by atoms with Crippen molar-refractivity contribution in [3.8, 4) is 0 Å². The Balaban J connectivity index is 1.54. The van der Waals surface area contributed by atoms with Crippen molar-refractivity contribution in [3.63, 3.8) is 0 Å². The molecule has 0 spiro atoms. The second kappa shape index (κ2) is 7.89. The molecular weight excluding hydrogens is 426 g/mol. The number of nitro groups is 1. The van der Waals surface area contributed by atoms with Crippen LogP contribution in [-0.2, 0) is 10.0 Å². The quantitative estimate of drug-likeness (QED) is 0.429. The number of rotatable bonds is 4. The molecule has 1 saturated heterocycles. The van der Waals surface area contributed by atoms with E-state index in [1.165, 1.54) is 39.9 Å². The first-order valence-electron chi connectivity index (χ1n) is 9.30. The first-order valence-corrected chi connectivity index (χ1v) is 10.7. The predicted molar refractivity (Wildman–Crippen MR) is 109 cm³/mol. The monoisotopic (exact) mass is 443 g/mol. The SMILES string of the molecule is O=C(c1cnc2ccccn2c1=O)N1CCN(S(=O)(=O)c2ccccc2[N+](=O)[O-])CC1. The fourth-order valence-electron chi connectivity index (χ4n) is 3.44. The van der Waals surface area contributed by atoms with Crippen molar-refractivity contribution < 1.29 is 18.1 Å². The van der Waals surface area contributed by atoms with Gasteiger partial charge in [0.15, 0.2) is 4.90 Å². The number of nitrogens with zero attached hydrogens (tertiary/aromatic N) is 5. The van der Waals surface area contributed by atoms with Crippen LogP contribution < -0.4 is 5.56 Å². The van der Waals surface area contributed by atoms with Crippen molar-refractivity contribution in [3.05, 3.63) is 80.9 Å². The zero-order chi connectivity index (χ0) is 22.2. The molecule has 3 aromatic rings. The minimum absolute atomic E-state index is 0.0373. The molecule has 1 aliphatic heterocycles. The van der Waals surface area contributed by atoms with Crippen LogP contribution in [0.5, 0.6) is 0 Å². The van der Waals surface area contributed by atoms with Gasteiger partial charge in [0, 0.05) is 44.6 Å². The third-order valence-corrected chi connectivity index (χ3v) is 7.00. The number of piperazine rings is 1. The van der Waals surface area contributed by atoms with E-state index in [1.54, 1.807) is 18.2 Å². The summed E-state index contributed by atoms with van der Waals surface area (Å²) in [5, 5.41) is 11.2. The lowest BCUT2D eigenvalue weighted by Gasteiger charge is -2.33. The van der Waals surface area contributed by atoms with Crippen molar-refractivity contribution in [1.29, 1.82) is 0 Å². The van der Waals surface area contributed by atoms with Gasteiger partial charge in [-0.1, -0.05) is 18.2 Å². The molecule has 1 fully saturated rings. The van der Waals surface area contributed by atoms with Gasteiger partial charge in [-0.3, -0.25) is 24.1 Å². The molecule has 0 unspecified atom stereocenters. The molecule has 160 valence electrons. The summed E-state index contributed by atoms with van der Waals surface area (Å²) < 4.78 is 28.2. The number of benzene rings is 1. The molecule has 1 amide bonds. The molecule has 3 heterocycles. The maximum absolute atomic E-state index is 12.9.